The normalized spacial score (nSPS) is 19.4. The Morgan fingerprint density at radius 2 is 2.23 bits per heavy atom. The van der Waals surface area contributed by atoms with Crippen LogP contribution in [0.1, 0.15) is 24.8 Å². The van der Waals surface area contributed by atoms with E-state index >= 15 is 0 Å². The Hall–Kier alpha value is -1.57. The predicted octanol–water partition coefficient (Wildman–Crippen LogP) is 1.36. The van der Waals surface area contributed by atoms with E-state index in [0.717, 1.165) is 37.2 Å². The molecule has 0 bridgehead atoms. The van der Waals surface area contributed by atoms with Crippen LogP contribution in [-0.4, -0.2) is 44.7 Å². The van der Waals surface area contributed by atoms with E-state index in [-0.39, 0.29) is 6.29 Å². The van der Waals surface area contributed by atoms with Crippen LogP contribution >= 0.6 is 0 Å². The number of hydrogen-bond donors (Lipinski definition) is 2. The van der Waals surface area contributed by atoms with Gasteiger partial charge in [-0.1, -0.05) is 12.1 Å². The van der Waals surface area contributed by atoms with Gasteiger partial charge in [-0.2, -0.15) is 0 Å². The first-order valence-corrected chi connectivity index (χ1v) is 7.39. The number of hydrogen-bond acceptors (Lipinski definition) is 5. The summed E-state index contributed by atoms with van der Waals surface area (Å²) < 4.78 is 16.0. The molecule has 7 heteroatoms. The van der Waals surface area contributed by atoms with Gasteiger partial charge in [0, 0.05) is 13.5 Å². The second-order valence-electron chi connectivity index (χ2n) is 5.17. The van der Waals surface area contributed by atoms with Crippen molar-refractivity contribution in [3.05, 3.63) is 29.8 Å². The van der Waals surface area contributed by atoms with Crippen LogP contribution in [0.5, 0.6) is 5.75 Å². The van der Waals surface area contributed by atoms with Gasteiger partial charge in [0.05, 0.1) is 6.61 Å². The van der Waals surface area contributed by atoms with E-state index in [1.165, 1.54) is 14.7 Å². The van der Waals surface area contributed by atoms with Gasteiger partial charge < -0.3 is 24.5 Å². The van der Waals surface area contributed by atoms with E-state index in [1.54, 1.807) is 0 Å². The Morgan fingerprint density at radius 3 is 2.82 bits per heavy atom. The van der Waals surface area contributed by atoms with Crippen LogP contribution < -0.4 is 9.96 Å². The summed E-state index contributed by atoms with van der Waals surface area (Å²) in [6.45, 7) is 0.741. The van der Waals surface area contributed by atoms with Crippen molar-refractivity contribution < 1.29 is 24.0 Å². The molecule has 2 N–H and O–H groups in total. The lowest BCUT2D eigenvalue weighted by atomic mass is 10.0. The zero-order valence-corrected chi connectivity index (χ0v) is 12.7. The summed E-state index contributed by atoms with van der Waals surface area (Å²) in [4.78, 5) is 11.2. The van der Waals surface area contributed by atoms with Crippen LogP contribution in [0.25, 0.3) is 0 Å². The third-order valence-electron chi connectivity index (χ3n) is 3.45. The number of carboxylic acids is 1. The van der Waals surface area contributed by atoms with Gasteiger partial charge in [-0.3, -0.25) is 4.79 Å². The third-order valence-corrected chi connectivity index (χ3v) is 3.45. The molecule has 1 saturated heterocycles. The van der Waals surface area contributed by atoms with Crippen LogP contribution in [0.15, 0.2) is 24.3 Å². The van der Waals surface area contributed by atoms with Gasteiger partial charge in [0.15, 0.2) is 6.29 Å². The summed E-state index contributed by atoms with van der Waals surface area (Å²) in [5, 5.41) is 11.9. The minimum absolute atomic E-state index is 0.177. The van der Waals surface area contributed by atoms with Gasteiger partial charge in [0.1, 0.15) is 11.8 Å². The first-order valence-electron chi connectivity index (χ1n) is 7.39. The molecule has 1 radical (unpaired) electrons. The number of nitrogens with one attached hydrogen (secondary N) is 1. The number of rotatable bonds is 8. The predicted molar refractivity (Wildman–Crippen MR) is 81.7 cm³/mol. The van der Waals surface area contributed by atoms with Crippen LogP contribution in [0.2, 0.25) is 0 Å². The van der Waals surface area contributed by atoms with E-state index in [4.69, 9.17) is 19.2 Å². The van der Waals surface area contributed by atoms with Crippen molar-refractivity contribution >= 4 is 13.6 Å². The van der Waals surface area contributed by atoms with Gasteiger partial charge >= 0.3 is 13.6 Å². The summed E-state index contributed by atoms with van der Waals surface area (Å²) >= 11 is 0. The van der Waals surface area contributed by atoms with Crippen molar-refractivity contribution in [3.8, 4) is 5.75 Å². The maximum absolute atomic E-state index is 11.2. The molecular weight excluding hydrogens is 285 g/mol. The Balaban J connectivity index is 1.88. The molecule has 22 heavy (non-hydrogen) atoms. The van der Waals surface area contributed by atoms with E-state index in [9.17, 15) is 4.79 Å². The lowest BCUT2D eigenvalue weighted by Gasteiger charge is -2.23. The highest BCUT2D eigenvalue weighted by molar-refractivity contribution is 6.24. The van der Waals surface area contributed by atoms with Gasteiger partial charge in [-0.05, 0) is 37.0 Å². The second kappa shape index (κ2) is 8.78. The van der Waals surface area contributed by atoms with Gasteiger partial charge in [-0.15, -0.1) is 0 Å². The number of ether oxygens (including phenoxy) is 2. The molecule has 2 unspecified atom stereocenters. The first kappa shape index (κ1) is 16.8. The molecule has 0 spiro atoms. The van der Waals surface area contributed by atoms with E-state index < -0.39 is 12.0 Å². The maximum atomic E-state index is 11.2. The highest BCUT2D eigenvalue weighted by Crippen LogP contribution is 2.20. The molecule has 1 aliphatic rings. The Morgan fingerprint density at radius 1 is 1.45 bits per heavy atom. The van der Waals surface area contributed by atoms with Crippen molar-refractivity contribution in [1.82, 2.24) is 5.23 Å². The van der Waals surface area contributed by atoms with Crippen molar-refractivity contribution in [2.24, 2.45) is 0 Å². The summed E-state index contributed by atoms with van der Waals surface area (Å²) in [5.74, 6) is -0.192. The molecule has 0 aliphatic carbocycles. The molecule has 2 atom stereocenters. The lowest BCUT2D eigenvalue weighted by Crippen LogP contribution is -2.41. The zero-order chi connectivity index (χ0) is 15.8. The molecule has 0 amide bonds. The molecule has 1 aliphatic heterocycles. The highest BCUT2D eigenvalue weighted by Gasteiger charge is 2.18. The molecule has 1 fully saturated rings. The van der Waals surface area contributed by atoms with E-state index in [1.807, 2.05) is 24.3 Å². The van der Waals surface area contributed by atoms with Crippen molar-refractivity contribution in [1.29, 1.82) is 0 Å². The number of carboxylic acid groups (broad SMARTS) is 1. The second-order valence-corrected chi connectivity index (χ2v) is 5.17. The minimum atomic E-state index is -0.927. The summed E-state index contributed by atoms with van der Waals surface area (Å²) in [7, 11) is 2.74. The van der Waals surface area contributed by atoms with Crippen LogP contribution in [0.3, 0.4) is 0 Å². The monoisotopic (exact) mass is 306 g/mol. The smallest absolute Gasteiger partial charge is 0.396 e. The largest absolute Gasteiger partial charge is 0.480 e. The molecule has 119 valence electrons. The topological polar surface area (TPSA) is 77.0 Å². The Bertz CT molecular complexity index is 462. The molecule has 1 aromatic carbocycles. The maximum Gasteiger partial charge on any atom is 0.396 e. The average molecular weight is 306 g/mol. The number of carbonyl (C=O) groups is 1. The molecule has 1 heterocycles. The third kappa shape index (κ3) is 5.33. The lowest BCUT2D eigenvalue weighted by molar-refractivity contribution is -0.139. The SMILES string of the molecule is CO[B]NC(Cc1ccc(OC2CCCCO2)cc1)C(=O)O. The fourth-order valence-corrected chi connectivity index (χ4v) is 2.26. The Labute approximate surface area is 131 Å². The average Bonchev–Trinajstić information content (AvgIpc) is 2.54. The van der Waals surface area contributed by atoms with Crippen LogP contribution in [0.4, 0.5) is 0 Å². The van der Waals surface area contributed by atoms with E-state index in [2.05, 4.69) is 5.23 Å². The standard InChI is InChI=1S/C15H21BNO5/c1-20-16-17-13(15(18)19)10-11-5-7-12(8-6-11)22-14-4-2-3-9-21-14/h5-8,13-14,17H,2-4,9-10H2,1H3,(H,18,19). The van der Waals surface area contributed by atoms with Crippen molar-refractivity contribution in [3.63, 3.8) is 0 Å². The van der Waals surface area contributed by atoms with Crippen molar-refractivity contribution in [2.45, 2.75) is 38.0 Å². The molecular formula is C15H21BNO5. The molecule has 0 saturated carbocycles. The fourth-order valence-electron chi connectivity index (χ4n) is 2.26. The highest BCUT2D eigenvalue weighted by atomic mass is 16.7. The first-order chi connectivity index (χ1) is 10.7. The van der Waals surface area contributed by atoms with Gasteiger partial charge in [0.2, 0.25) is 0 Å². The quantitative estimate of drug-likeness (QED) is 0.706. The summed E-state index contributed by atoms with van der Waals surface area (Å²) in [6, 6.07) is 6.68. The van der Waals surface area contributed by atoms with E-state index in [0.29, 0.717) is 6.42 Å². The van der Waals surface area contributed by atoms with Crippen LogP contribution in [0, 0.1) is 0 Å². The molecule has 6 nitrogen and oxygen atoms in total. The van der Waals surface area contributed by atoms with Gasteiger partial charge in [-0.25, -0.2) is 0 Å². The number of benzene rings is 1. The molecule has 1 aromatic rings. The van der Waals surface area contributed by atoms with Crippen molar-refractivity contribution in [2.75, 3.05) is 13.7 Å². The summed E-state index contributed by atoms with van der Waals surface area (Å²) in [5.41, 5.74) is 0.904. The fraction of sp³-hybridized carbons (Fsp3) is 0.533. The summed E-state index contributed by atoms with van der Waals surface area (Å²) in [6.07, 6.45) is 3.28. The molecule has 0 aromatic heterocycles. The molecule has 2 rings (SSSR count). The number of aliphatic carboxylic acids is 1. The van der Waals surface area contributed by atoms with Crippen LogP contribution in [-0.2, 0) is 20.6 Å². The zero-order valence-electron chi connectivity index (χ0n) is 12.7. The van der Waals surface area contributed by atoms with Gasteiger partial charge in [0.25, 0.3) is 0 Å². The minimum Gasteiger partial charge on any atom is -0.480 e. The Kier molecular flexibility index (Phi) is 6.70.